The van der Waals surface area contributed by atoms with Gasteiger partial charge >= 0.3 is 0 Å². The summed E-state index contributed by atoms with van der Waals surface area (Å²) in [6.45, 7) is 4.14. The van der Waals surface area contributed by atoms with Crippen molar-refractivity contribution in [2.24, 2.45) is 5.73 Å². The minimum atomic E-state index is -0.634. The Morgan fingerprint density at radius 2 is 2.00 bits per heavy atom. The van der Waals surface area contributed by atoms with Crippen LogP contribution in [0.25, 0.3) is 0 Å². The first-order chi connectivity index (χ1) is 14.8. The summed E-state index contributed by atoms with van der Waals surface area (Å²) in [5.74, 6) is 0.690. The number of amides is 2. The fraction of sp³-hybridized carbons (Fsp3) is 0.455. The number of anilines is 2. The van der Waals surface area contributed by atoms with E-state index < -0.39 is 5.91 Å². The van der Waals surface area contributed by atoms with Crippen molar-refractivity contribution in [1.82, 2.24) is 20.6 Å². The zero-order valence-electron chi connectivity index (χ0n) is 18.4. The molecule has 5 N–H and O–H groups in total. The highest BCUT2D eigenvalue weighted by atomic mass is 16.5. The number of ether oxygens (including phenoxy) is 1. The third-order valence-electron chi connectivity index (χ3n) is 5.31. The van der Waals surface area contributed by atoms with Gasteiger partial charge in [0.2, 0.25) is 5.91 Å². The standard InChI is InChI=1S/C22H30N6O3/c1-12-18(15-5-6-15)28-21(19(26-12)20(23)29)27-16-9-14(10-17(11-16)31-4)7-8-25-22(30)13(2)24-3/h9-11,13,15,24H,5-8H2,1-4H3,(H2,23,29)(H,25,30)(H,27,28). The first-order valence-corrected chi connectivity index (χ1v) is 10.4. The van der Waals surface area contributed by atoms with Gasteiger partial charge in [-0.15, -0.1) is 0 Å². The number of likely N-dealkylation sites (N-methyl/N-ethyl adjacent to an activating group) is 1. The van der Waals surface area contributed by atoms with E-state index in [9.17, 15) is 9.59 Å². The van der Waals surface area contributed by atoms with Crippen molar-refractivity contribution in [3.8, 4) is 5.75 Å². The Morgan fingerprint density at radius 3 is 2.61 bits per heavy atom. The first-order valence-electron chi connectivity index (χ1n) is 10.4. The molecule has 9 heteroatoms. The number of nitrogens with two attached hydrogens (primary N) is 1. The predicted octanol–water partition coefficient (Wildman–Crippen LogP) is 1.78. The zero-order chi connectivity index (χ0) is 22.5. The van der Waals surface area contributed by atoms with Crippen LogP contribution in [-0.2, 0) is 11.2 Å². The zero-order valence-corrected chi connectivity index (χ0v) is 18.4. The molecule has 1 atom stereocenters. The van der Waals surface area contributed by atoms with Crippen LogP contribution >= 0.6 is 0 Å². The number of rotatable bonds is 10. The summed E-state index contributed by atoms with van der Waals surface area (Å²) in [5.41, 5.74) is 8.95. The van der Waals surface area contributed by atoms with Crippen LogP contribution in [0.5, 0.6) is 5.75 Å². The molecular weight excluding hydrogens is 396 g/mol. The lowest BCUT2D eigenvalue weighted by atomic mass is 10.1. The lowest BCUT2D eigenvalue weighted by Gasteiger charge is -2.15. The number of methoxy groups -OCH3 is 1. The fourth-order valence-corrected chi connectivity index (χ4v) is 3.28. The summed E-state index contributed by atoms with van der Waals surface area (Å²) < 4.78 is 5.42. The molecule has 0 saturated heterocycles. The second-order valence-corrected chi connectivity index (χ2v) is 7.78. The normalized spacial score (nSPS) is 14.1. The number of primary amides is 1. The van der Waals surface area contributed by atoms with Gasteiger partial charge in [0.1, 0.15) is 5.75 Å². The summed E-state index contributed by atoms with van der Waals surface area (Å²) in [4.78, 5) is 33.0. The van der Waals surface area contributed by atoms with Crippen molar-refractivity contribution in [3.63, 3.8) is 0 Å². The number of aryl methyl sites for hydroxylation is 1. The summed E-state index contributed by atoms with van der Waals surface area (Å²) >= 11 is 0. The summed E-state index contributed by atoms with van der Waals surface area (Å²) in [7, 11) is 3.33. The molecule has 1 aromatic heterocycles. The van der Waals surface area contributed by atoms with E-state index in [1.807, 2.05) is 25.1 Å². The van der Waals surface area contributed by atoms with Crippen LogP contribution in [0.3, 0.4) is 0 Å². The van der Waals surface area contributed by atoms with Crippen molar-refractivity contribution >= 4 is 23.3 Å². The number of benzene rings is 1. The average Bonchev–Trinajstić information content (AvgIpc) is 3.58. The largest absolute Gasteiger partial charge is 0.497 e. The Hall–Kier alpha value is -3.20. The Balaban J connectivity index is 1.81. The Morgan fingerprint density at radius 1 is 1.26 bits per heavy atom. The number of aromatic nitrogens is 2. The van der Waals surface area contributed by atoms with E-state index in [2.05, 4.69) is 25.9 Å². The Bertz CT molecular complexity index is 974. The molecule has 1 aromatic carbocycles. The highest BCUT2D eigenvalue weighted by Crippen LogP contribution is 2.41. The number of carbonyl (C=O) groups excluding carboxylic acids is 2. The van der Waals surface area contributed by atoms with Crippen LogP contribution in [0.4, 0.5) is 11.5 Å². The van der Waals surface area contributed by atoms with Crippen LogP contribution in [0, 0.1) is 6.92 Å². The van der Waals surface area contributed by atoms with Gasteiger partial charge in [-0.2, -0.15) is 0 Å². The maximum absolute atomic E-state index is 11.9. The van der Waals surface area contributed by atoms with Crippen molar-refractivity contribution in [2.75, 3.05) is 26.0 Å². The Labute approximate surface area is 182 Å². The molecule has 1 heterocycles. The second kappa shape index (κ2) is 9.74. The minimum absolute atomic E-state index is 0.0580. The molecule has 3 rings (SSSR count). The lowest BCUT2D eigenvalue weighted by Crippen LogP contribution is -2.41. The summed E-state index contributed by atoms with van der Waals surface area (Å²) in [6, 6.07) is 5.40. The van der Waals surface area contributed by atoms with Gasteiger partial charge in [0, 0.05) is 24.2 Å². The van der Waals surface area contributed by atoms with E-state index in [1.165, 1.54) is 0 Å². The molecule has 1 aliphatic carbocycles. The molecule has 0 radical (unpaired) electrons. The number of carbonyl (C=O) groups is 2. The lowest BCUT2D eigenvalue weighted by molar-refractivity contribution is -0.122. The van der Waals surface area contributed by atoms with E-state index in [4.69, 9.17) is 10.5 Å². The molecule has 1 fully saturated rings. The van der Waals surface area contributed by atoms with Gasteiger partial charge in [-0.3, -0.25) is 9.59 Å². The second-order valence-electron chi connectivity index (χ2n) is 7.78. The first kappa shape index (κ1) is 22.5. The molecular formula is C22H30N6O3. The maximum Gasteiger partial charge on any atom is 0.271 e. The van der Waals surface area contributed by atoms with Crippen molar-refractivity contribution in [3.05, 3.63) is 40.8 Å². The van der Waals surface area contributed by atoms with E-state index in [1.54, 1.807) is 21.1 Å². The van der Waals surface area contributed by atoms with Gasteiger partial charge in [0.25, 0.3) is 5.91 Å². The maximum atomic E-state index is 11.9. The molecule has 0 spiro atoms. The number of hydrogen-bond donors (Lipinski definition) is 4. The van der Waals surface area contributed by atoms with E-state index in [0.717, 1.165) is 29.8 Å². The van der Waals surface area contributed by atoms with Crippen molar-refractivity contribution in [1.29, 1.82) is 0 Å². The van der Waals surface area contributed by atoms with Gasteiger partial charge in [-0.25, -0.2) is 9.97 Å². The molecule has 1 saturated carbocycles. The molecule has 2 amide bonds. The van der Waals surface area contributed by atoms with Gasteiger partial charge in [-0.1, -0.05) is 0 Å². The van der Waals surface area contributed by atoms with Crippen molar-refractivity contribution < 1.29 is 14.3 Å². The molecule has 9 nitrogen and oxygen atoms in total. The molecule has 166 valence electrons. The molecule has 1 unspecified atom stereocenters. The average molecular weight is 427 g/mol. The van der Waals surface area contributed by atoms with Gasteiger partial charge in [-0.05, 0) is 57.9 Å². The minimum Gasteiger partial charge on any atom is -0.497 e. The van der Waals surface area contributed by atoms with Crippen LogP contribution in [0.2, 0.25) is 0 Å². The molecule has 0 bridgehead atoms. The number of hydrogen-bond acceptors (Lipinski definition) is 7. The van der Waals surface area contributed by atoms with Crippen molar-refractivity contribution in [2.45, 2.75) is 45.1 Å². The number of nitrogens with one attached hydrogen (secondary N) is 3. The van der Waals surface area contributed by atoms with Crippen LogP contribution in [0.15, 0.2) is 18.2 Å². The van der Waals surface area contributed by atoms with Crippen LogP contribution < -0.4 is 26.4 Å². The van der Waals surface area contributed by atoms with Gasteiger partial charge in [0.15, 0.2) is 11.5 Å². The topological polar surface area (TPSA) is 131 Å². The fourth-order valence-electron chi connectivity index (χ4n) is 3.28. The third-order valence-corrected chi connectivity index (χ3v) is 5.31. The van der Waals surface area contributed by atoms with E-state index in [-0.39, 0.29) is 17.6 Å². The van der Waals surface area contributed by atoms with Crippen LogP contribution in [0.1, 0.15) is 53.1 Å². The molecule has 2 aromatic rings. The highest BCUT2D eigenvalue weighted by molar-refractivity contribution is 5.96. The third kappa shape index (κ3) is 5.69. The summed E-state index contributed by atoms with van der Waals surface area (Å²) in [5, 5.41) is 9.00. The molecule has 0 aliphatic heterocycles. The Kier molecular flexibility index (Phi) is 7.06. The smallest absolute Gasteiger partial charge is 0.271 e. The molecule has 31 heavy (non-hydrogen) atoms. The van der Waals surface area contributed by atoms with E-state index >= 15 is 0 Å². The van der Waals surface area contributed by atoms with E-state index in [0.29, 0.717) is 36.1 Å². The highest BCUT2D eigenvalue weighted by Gasteiger charge is 2.29. The molecule has 1 aliphatic rings. The number of nitrogens with zero attached hydrogens (tertiary/aromatic N) is 2. The quantitative estimate of drug-likeness (QED) is 0.455. The monoisotopic (exact) mass is 426 g/mol. The predicted molar refractivity (Wildman–Crippen MR) is 119 cm³/mol. The summed E-state index contributed by atoms with van der Waals surface area (Å²) in [6.07, 6.45) is 2.77. The SMILES string of the molecule is CNC(C)C(=O)NCCc1cc(Nc2nc(C3CC3)c(C)nc2C(N)=O)cc(OC)c1. The van der Waals surface area contributed by atoms with Gasteiger partial charge in [0.05, 0.1) is 24.5 Å². The van der Waals surface area contributed by atoms with Crippen LogP contribution in [-0.4, -0.2) is 48.5 Å². The van der Waals surface area contributed by atoms with Gasteiger partial charge < -0.3 is 26.4 Å².